The first-order chi connectivity index (χ1) is 14.3. The summed E-state index contributed by atoms with van der Waals surface area (Å²) in [5.41, 5.74) is 9.88. The van der Waals surface area contributed by atoms with E-state index in [1.807, 2.05) is 0 Å². The van der Waals surface area contributed by atoms with Crippen molar-refractivity contribution < 1.29 is 14.4 Å². The van der Waals surface area contributed by atoms with Gasteiger partial charge in [-0.15, -0.1) is 0 Å². The maximum atomic E-state index is 13.3. The summed E-state index contributed by atoms with van der Waals surface area (Å²) in [6, 6.07) is 9.71. The van der Waals surface area contributed by atoms with Crippen molar-refractivity contribution in [3.63, 3.8) is 0 Å². The lowest BCUT2D eigenvalue weighted by Gasteiger charge is -2.26. The summed E-state index contributed by atoms with van der Waals surface area (Å²) in [6.45, 7) is 3.09. The molecule has 1 unspecified atom stereocenters. The molecule has 1 aliphatic heterocycles. The van der Waals surface area contributed by atoms with Crippen molar-refractivity contribution in [3.8, 4) is 0 Å². The van der Waals surface area contributed by atoms with E-state index in [1.54, 1.807) is 44.2 Å². The minimum absolute atomic E-state index is 0.146. The van der Waals surface area contributed by atoms with Crippen molar-refractivity contribution >= 4 is 57.9 Å². The predicted octanol–water partition coefficient (Wildman–Crippen LogP) is 4.91. The van der Waals surface area contributed by atoms with Crippen molar-refractivity contribution in [1.29, 1.82) is 0 Å². The second kappa shape index (κ2) is 8.75. The van der Waals surface area contributed by atoms with Crippen molar-refractivity contribution in [1.82, 2.24) is 0 Å². The zero-order chi connectivity index (χ0) is 22.0. The number of fused-ring (bicyclic) bond motifs is 1. The van der Waals surface area contributed by atoms with Crippen LogP contribution in [0.1, 0.15) is 13.8 Å². The third-order valence-electron chi connectivity index (χ3n) is 4.64. The van der Waals surface area contributed by atoms with E-state index in [4.69, 9.17) is 28.7 Å². The molecule has 1 atom stereocenters. The lowest BCUT2D eigenvalue weighted by Crippen LogP contribution is -2.45. The summed E-state index contributed by atoms with van der Waals surface area (Å²) in [6.07, 6.45) is 0. The number of carbonyl (C=O) groups is 3. The molecule has 0 saturated carbocycles. The summed E-state index contributed by atoms with van der Waals surface area (Å²) in [7, 11) is 0. The van der Waals surface area contributed by atoms with Gasteiger partial charge in [0.05, 0.1) is 28.0 Å². The summed E-state index contributed by atoms with van der Waals surface area (Å²) in [5, 5.41) is 3.74. The third kappa shape index (κ3) is 3.98. The van der Waals surface area contributed by atoms with E-state index in [1.165, 1.54) is 17.0 Å². The van der Waals surface area contributed by atoms with Crippen LogP contribution in [0.5, 0.6) is 0 Å². The highest BCUT2D eigenvalue weighted by atomic mass is 35.5. The smallest absolute Gasteiger partial charge is 0.250 e. The van der Waals surface area contributed by atoms with E-state index >= 15 is 0 Å². The van der Waals surface area contributed by atoms with Gasteiger partial charge in [0, 0.05) is 16.5 Å². The lowest BCUT2D eigenvalue weighted by molar-refractivity contribution is -0.129. The molecule has 0 saturated heterocycles. The van der Waals surface area contributed by atoms with Crippen LogP contribution in [-0.2, 0) is 14.4 Å². The normalized spacial score (nSPS) is 16.2. The molecule has 3 rings (SSSR count). The van der Waals surface area contributed by atoms with E-state index < -0.39 is 17.9 Å². The Bertz CT molecular complexity index is 1070. The molecule has 2 amide bonds. The van der Waals surface area contributed by atoms with Gasteiger partial charge in [-0.3, -0.25) is 19.3 Å². The summed E-state index contributed by atoms with van der Waals surface area (Å²) < 4.78 is 0. The largest absolute Gasteiger partial charge is 0.302 e. The van der Waals surface area contributed by atoms with Crippen LogP contribution in [0.2, 0.25) is 10.0 Å². The number of hydrogen-bond donors (Lipinski definition) is 0. The molecule has 1 heterocycles. The fourth-order valence-corrected chi connectivity index (χ4v) is 3.35. The number of rotatable bonds is 5. The second-order valence-corrected chi connectivity index (χ2v) is 7.73. The van der Waals surface area contributed by atoms with Gasteiger partial charge in [0.15, 0.2) is 11.8 Å². The number of para-hydroxylation sites is 1. The number of nitrogens with zero attached hydrogens (tertiary/aromatic N) is 5. The third-order valence-corrected chi connectivity index (χ3v) is 5.36. The van der Waals surface area contributed by atoms with Crippen LogP contribution in [0, 0.1) is 5.92 Å². The fraction of sp³-hybridized carbons (Fsp3) is 0.250. The highest BCUT2D eigenvalue weighted by molar-refractivity contribution is 6.43. The van der Waals surface area contributed by atoms with Gasteiger partial charge in [0.1, 0.15) is 0 Å². The van der Waals surface area contributed by atoms with Crippen LogP contribution in [0.15, 0.2) is 47.6 Å². The number of azide groups is 1. The number of carbonyl (C=O) groups excluding carboxylic acids is 3. The van der Waals surface area contributed by atoms with E-state index in [0.717, 1.165) is 4.90 Å². The molecule has 0 spiro atoms. The average molecular weight is 446 g/mol. The molecule has 1 aliphatic rings. The Kier molecular flexibility index (Phi) is 6.31. The number of hydrogen-bond acceptors (Lipinski definition) is 4. The molecule has 0 aromatic heterocycles. The maximum Gasteiger partial charge on any atom is 0.250 e. The molecular weight excluding hydrogens is 429 g/mol. The van der Waals surface area contributed by atoms with Crippen LogP contribution in [0.25, 0.3) is 10.4 Å². The Balaban J connectivity index is 2.31. The van der Waals surface area contributed by atoms with Gasteiger partial charge in [0.25, 0.3) is 0 Å². The van der Waals surface area contributed by atoms with E-state index in [9.17, 15) is 14.4 Å². The highest BCUT2D eigenvalue weighted by Crippen LogP contribution is 2.43. The van der Waals surface area contributed by atoms with Gasteiger partial charge < -0.3 is 4.90 Å². The Morgan fingerprint density at radius 3 is 2.27 bits per heavy atom. The minimum atomic E-state index is -1.69. The van der Waals surface area contributed by atoms with Gasteiger partial charge in [-0.05, 0) is 29.8 Å². The summed E-state index contributed by atoms with van der Waals surface area (Å²) in [5.74, 6) is -2.17. The van der Waals surface area contributed by atoms with Gasteiger partial charge in [-0.25, -0.2) is 0 Å². The minimum Gasteiger partial charge on any atom is -0.302 e. The first-order valence-electron chi connectivity index (χ1n) is 9.02. The van der Waals surface area contributed by atoms with E-state index in [-0.39, 0.29) is 39.7 Å². The standard InChI is InChI=1S/C20H17Cl2N5O3/c1-11(2)17(28)10-26-15-8-13(21)14(22)9-16(15)27(12-6-4-3-5-7-12)20(30)18(19(26)29)24-25-23/h3-9,11,18H,10H2,1-2H3. The number of anilines is 3. The molecule has 0 N–H and O–H groups in total. The predicted molar refractivity (Wildman–Crippen MR) is 115 cm³/mol. The maximum absolute atomic E-state index is 13.3. The van der Waals surface area contributed by atoms with E-state index in [0.29, 0.717) is 5.69 Å². The number of ketones is 1. The first kappa shape index (κ1) is 21.6. The van der Waals surface area contributed by atoms with Crippen LogP contribution in [0.3, 0.4) is 0 Å². The molecule has 2 aromatic carbocycles. The SMILES string of the molecule is CC(C)C(=O)CN1C(=O)C(N=[N+]=[N-])C(=O)N(c2ccccc2)c2cc(Cl)c(Cl)cc21. The van der Waals surface area contributed by atoms with Gasteiger partial charge >= 0.3 is 0 Å². The molecule has 10 heteroatoms. The molecular formula is C20H17Cl2N5O3. The first-order valence-corrected chi connectivity index (χ1v) is 9.78. The topological polar surface area (TPSA) is 106 Å². The average Bonchev–Trinajstić information content (AvgIpc) is 2.79. The summed E-state index contributed by atoms with van der Waals surface area (Å²) >= 11 is 12.4. The van der Waals surface area contributed by atoms with Crippen molar-refractivity contribution in [2.45, 2.75) is 19.9 Å². The van der Waals surface area contributed by atoms with Crippen molar-refractivity contribution in [2.24, 2.45) is 11.0 Å². The second-order valence-electron chi connectivity index (χ2n) is 6.92. The molecule has 30 heavy (non-hydrogen) atoms. The number of benzene rings is 2. The molecule has 8 nitrogen and oxygen atoms in total. The Hall–Kier alpha value is -3.06. The van der Waals surface area contributed by atoms with Crippen LogP contribution in [0.4, 0.5) is 17.1 Å². The quantitative estimate of drug-likeness (QED) is 0.282. The summed E-state index contributed by atoms with van der Waals surface area (Å²) in [4.78, 5) is 44.1. The number of amides is 2. The highest BCUT2D eigenvalue weighted by Gasteiger charge is 2.41. The Morgan fingerprint density at radius 1 is 1.10 bits per heavy atom. The van der Waals surface area contributed by atoms with Gasteiger partial charge in [0.2, 0.25) is 11.8 Å². The van der Waals surface area contributed by atoms with Crippen LogP contribution < -0.4 is 9.80 Å². The Morgan fingerprint density at radius 2 is 1.70 bits per heavy atom. The number of halogens is 2. The molecule has 0 fully saturated rings. The molecule has 2 aromatic rings. The van der Waals surface area contributed by atoms with E-state index in [2.05, 4.69) is 10.0 Å². The monoisotopic (exact) mass is 445 g/mol. The van der Waals surface area contributed by atoms with Crippen molar-refractivity contribution in [3.05, 3.63) is 63.0 Å². The molecule has 0 radical (unpaired) electrons. The number of Topliss-reactive ketones (excluding diaryl/α,β-unsaturated/α-hetero) is 1. The van der Waals surface area contributed by atoms with Crippen molar-refractivity contribution in [2.75, 3.05) is 16.3 Å². The molecule has 0 aliphatic carbocycles. The molecule has 154 valence electrons. The zero-order valence-corrected chi connectivity index (χ0v) is 17.6. The van der Waals surface area contributed by atoms with Crippen LogP contribution in [-0.4, -0.2) is 30.2 Å². The Labute approximate surface area is 182 Å². The molecule has 0 bridgehead atoms. The van der Waals surface area contributed by atoms with Gasteiger partial charge in [-0.1, -0.05) is 60.4 Å². The van der Waals surface area contributed by atoms with Crippen LogP contribution >= 0.6 is 23.2 Å². The zero-order valence-electron chi connectivity index (χ0n) is 16.1. The fourth-order valence-electron chi connectivity index (χ4n) is 3.03. The van der Waals surface area contributed by atoms with Gasteiger partial charge in [-0.2, -0.15) is 0 Å². The lowest BCUT2D eigenvalue weighted by atomic mass is 10.1.